The zero-order valence-electron chi connectivity index (χ0n) is 11.1. The molecule has 100 valence electrons. The summed E-state index contributed by atoms with van der Waals surface area (Å²) in [4.78, 5) is 11.0. The number of aryl methyl sites for hydroxylation is 1. The molecule has 1 N–H and O–H groups in total. The highest BCUT2D eigenvalue weighted by molar-refractivity contribution is 5.94. The number of ether oxygens (including phenoxy) is 1. The fraction of sp³-hybridized carbons (Fsp3) is 0.118. The number of rotatable bonds is 2. The number of fused-ring (bicyclic) bond motifs is 1. The van der Waals surface area contributed by atoms with Gasteiger partial charge in [-0.15, -0.1) is 0 Å². The highest BCUT2D eigenvalue weighted by Gasteiger charge is 2.17. The summed E-state index contributed by atoms with van der Waals surface area (Å²) < 4.78 is 5.47. The molecule has 3 heteroatoms. The average molecular weight is 266 g/mol. The van der Waals surface area contributed by atoms with Crippen molar-refractivity contribution in [1.29, 1.82) is 0 Å². The molecule has 0 spiro atoms. The van der Waals surface area contributed by atoms with Gasteiger partial charge in [0.2, 0.25) is 0 Å². The van der Waals surface area contributed by atoms with Crippen LogP contribution in [0.15, 0.2) is 48.0 Å². The van der Waals surface area contributed by atoms with Crippen molar-refractivity contribution in [3.63, 3.8) is 0 Å². The van der Waals surface area contributed by atoms with Gasteiger partial charge in [0.15, 0.2) is 0 Å². The molecule has 0 saturated heterocycles. The van der Waals surface area contributed by atoms with Gasteiger partial charge in [0, 0.05) is 5.56 Å². The van der Waals surface area contributed by atoms with E-state index in [0.717, 1.165) is 22.4 Å². The summed E-state index contributed by atoms with van der Waals surface area (Å²) in [6.07, 6.45) is 1.68. The van der Waals surface area contributed by atoms with Gasteiger partial charge in [0.1, 0.15) is 12.4 Å². The number of carboxylic acids is 1. The molecule has 0 aromatic heterocycles. The summed E-state index contributed by atoms with van der Waals surface area (Å²) in [5.74, 6) is -0.204. The van der Waals surface area contributed by atoms with Gasteiger partial charge in [-0.25, -0.2) is 4.79 Å². The monoisotopic (exact) mass is 266 g/mol. The molecule has 1 heterocycles. The molecule has 0 amide bonds. The minimum Gasteiger partial charge on any atom is -0.488 e. The first-order chi connectivity index (χ1) is 9.65. The Morgan fingerprint density at radius 2 is 2.00 bits per heavy atom. The minimum atomic E-state index is -0.933. The van der Waals surface area contributed by atoms with Gasteiger partial charge in [-0.1, -0.05) is 30.3 Å². The van der Waals surface area contributed by atoms with E-state index in [0.29, 0.717) is 0 Å². The zero-order chi connectivity index (χ0) is 14.1. The molecule has 2 aromatic carbocycles. The summed E-state index contributed by atoms with van der Waals surface area (Å²) in [6.45, 7) is 2.18. The summed E-state index contributed by atoms with van der Waals surface area (Å²) in [7, 11) is 0. The van der Waals surface area contributed by atoms with Crippen LogP contribution in [0.4, 0.5) is 0 Å². The summed E-state index contributed by atoms with van der Waals surface area (Å²) in [5.41, 5.74) is 4.49. The van der Waals surface area contributed by atoms with Crippen molar-refractivity contribution in [2.24, 2.45) is 0 Å². The normalized spacial score (nSPS) is 13.2. The molecule has 3 rings (SSSR count). The van der Waals surface area contributed by atoms with Crippen molar-refractivity contribution in [1.82, 2.24) is 0 Å². The van der Waals surface area contributed by atoms with Gasteiger partial charge in [-0.3, -0.25) is 0 Å². The van der Waals surface area contributed by atoms with Crippen molar-refractivity contribution < 1.29 is 14.6 Å². The van der Waals surface area contributed by atoms with Crippen LogP contribution < -0.4 is 4.74 Å². The fourth-order valence-corrected chi connectivity index (χ4v) is 2.37. The third-order valence-corrected chi connectivity index (χ3v) is 3.45. The zero-order valence-corrected chi connectivity index (χ0v) is 11.1. The lowest BCUT2D eigenvalue weighted by atomic mass is 9.97. The molecule has 0 radical (unpaired) electrons. The van der Waals surface area contributed by atoms with E-state index < -0.39 is 5.97 Å². The van der Waals surface area contributed by atoms with Gasteiger partial charge in [0.05, 0.1) is 5.57 Å². The largest absolute Gasteiger partial charge is 0.488 e. The Hall–Kier alpha value is -2.55. The lowest BCUT2D eigenvalue weighted by molar-refractivity contribution is -0.132. The molecule has 0 bridgehead atoms. The quantitative estimate of drug-likeness (QED) is 0.904. The first kappa shape index (κ1) is 12.5. The molecule has 3 nitrogen and oxygen atoms in total. The predicted octanol–water partition coefficient (Wildman–Crippen LogP) is 3.52. The Labute approximate surface area is 117 Å². The van der Waals surface area contributed by atoms with Crippen molar-refractivity contribution in [3.8, 4) is 16.9 Å². The maximum atomic E-state index is 11.0. The van der Waals surface area contributed by atoms with Crippen LogP contribution in [0.3, 0.4) is 0 Å². The van der Waals surface area contributed by atoms with E-state index in [1.54, 1.807) is 6.08 Å². The van der Waals surface area contributed by atoms with Crippen LogP contribution in [0.1, 0.15) is 11.1 Å². The second kappa shape index (κ2) is 4.85. The summed E-state index contributed by atoms with van der Waals surface area (Å²) >= 11 is 0. The average Bonchev–Trinajstić information content (AvgIpc) is 2.46. The Balaban J connectivity index is 2.09. The molecule has 0 aliphatic carbocycles. The van der Waals surface area contributed by atoms with Gasteiger partial charge in [0.25, 0.3) is 0 Å². The van der Waals surface area contributed by atoms with Crippen LogP contribution in [0.5, 0.6) is 5.75 Å². The number of aliphatic carboxylic acids is 1. The lowest BCUT2D eigenvalue weighted by Crippen LogP contribution is -2.14. The van der Waals surface area contributed by atoms with Crippen LogP contribution in [0.2, 0.25) is 0 Å². The Morgan fingerprint density at radius 3 is 2.75 bits per heavy atom. The van der Waals surface area contributed by atoms with E-state index in [2.05, 4.69) is 19.1 Å². The third-order valence-electron chi connectivity index (χ3n) is 3.45. The van der Waals surface area contributed by atoms with Crippen molar-refractivity contribution in [3.05, 3.63) is 59.2 Å². The van der Waals surface area contributed by atoms with E-state index in [1.807, 2.05) is 30.3 Å². The smallest absolute Gasteiger partial charge is 0.335 e. The lowest BCUT2D eigenvalue weighted by Gasteiger charge is -2.17. The molecular weight excluding hydrogens is 252 g/mol. The molecule has 1 aliphatic rings. The molecule has 0 unspecified atom stereocenters. The first-order valence-corrected chi connectivity index (χ1v) is 6.42. The van der Waals surface area contributed by atoms with Gasteiger partial charge >= 0.3 is 5.97 Å². The Morgan fingerprint density at radius 1 is 1.20 bits per heavy atom. The van der Waals surface area contributed by atoms with Crippen molar-refractivity contribution in [2.75, 3.05) is 6.61 Å². The van der Waals surface area contributed by atoms with Crippen LogP contribution in [0.25, 0.3) is 17.2 Å². The number of hydrogen-bond donors (Lipinski definition) is 1. The number of carbonyl (C=O) groups is 1. The van der Waals surface area contributed by atoms with Crippen LogP contribution in [-0.4, -0.2) is 17.7 Å². The topological polar surface area (TPSA) is 46.5 Å². The number of hydrogen-bond acceptors (Lipinski definition) is 2. The van der Waals surface area contributed by atoms with E-state index in [-0.39, 0.29) is 12.2 Å². The molecule has 0 fully saturated rings. The molecule has 1 aliphatic heterocycles. The highest BCUT2D eigenvalue weighted by atomic mass is 16.5. The summed E-state index contributed by atoms with van der Waals surface area (Å²) in [6, 6.07) is 14.0. The first-order valence-electron chi connectivity index (χ1n) is 6.42. The van der Waals surface area contributed by atoms with Crippen molar-refractivity contribution >= 4 is 12.0 Å². The minimum absolute atomic E-state index is 0.117. The third kappa shape index (κ3) is 2.18. The van der Waals surface area contributed by atoms with Gasteiger partial charge in [-0.05, 0) is 41.8 Å². The fourth-order valence-electron chi connectivity index (χ4n) is 2.37. The van der Waals surface area contributed by atoms with E-state index in [4.69, 9.17) is 9.84 Å². The number of benzene rings is 2. The Bertz CT molecular complexity index is 714. The molecule has 0 atom stereocenters. The van der Waals surface area contributed by atoms with Gasteiger partial charge < -0.3 is 9.84 Å². The molecule has 0 saturated carbocycles. The van der Waals surface area contributed by atoms with E-state index in [9.17, 15) is 4.79 Å². The molecule has 20 heavy (non-hydrogen) atoms. The van der Waals surface area contributed by atoms with Gasteiger partial charge in [-0.2, -0.15) is 0 Å². The van der Waals surface area contributed by atoms with Crippen LogP contribution in [-0.2, 0) is 4.79 Å². The van der Waals surface area contributed by atoms with Crippen LogP contribution >= 0.6 is 0 Å². The maximum absolute atomic E-state index is 11.0. The molecule has 2 aromatic rings. The highest BCUT2D eigenvalue weighted by Crippen LogP contribution is 2.32. The second-order valence-corrected chi connectivity index (χ2v) is 4.83. The predicted molar refractivity (Wildman–Crippen MR) is 77.7 cm³/mol. The Kier molecular flexibility index (Phi) is 3.03. The maximum Gasteiger partial charge on any atom is 0.335 e. The standard InChI is InChI=1S/C17H14O3/c1-11-4-2-3-5-15(11)12-6-7-16-13(8-12)9-14(10-20-16)17(18)19/h2-9H,10H2,1H3,(H,18,19). The van der Waals surface area contributed by atoms with Crippen LogP contribution in [0, 0.1) is 6.92 Å². The van der Waals surface area contributed by atoms with Crippen molar-refractivity contribution in [2.45, 2.75) is 6.92 Å². The number of carboxylic acid groups (broad SMARTS) is 1. The van der Waals surface area contributed by atoms with E-state index >= 15 is 0 Å². The second-order valence-electron chi connectivity index (χ2n) is 4.83. The SMILES string of the molecule is Cc1ccccc1-c1ccc2c(c1)C=C(C(=O)O)CO2. The molecular formula is C17H14O3. The van der Waals surface area contributed by atoms with E-state index in [1.165, 1.54) is 5.56 Å². The summed E-state index contributed by atoms with van der Waals surface area (Å²) in [5, 5.41) is 9.05.